The fraction of sp³-hybridized carbons (Fsp3) is 0.667. The molecule has 1 aromatic rings. The summed E-state index contributed by atoms with van der Waals surface area (Å²) < 4.78 is 5.51. The Morgan fingerprint density at radius 1 is 1.43 bits per heavy atom. The monoisotopic (exact) mass is 319 g/mol. The van der Waals surface area contributed by atoms with E-state index in [1.807, 2.05) is 40.7 Å². The lowest BCUT2D eigenvalue weighted by atomic mass is 9.88. The topological polar surface area (TPSA) is 54.5 Å². The maximum Gasteiger partial charge on any atom is 0.410 e. The quantitative estimate of drug-likeness (QED) is 0.921. The summed E-state index contributed by atoms with van der Waals surface area (Å²) in [6, 6.07) is 4.18. The summed E-state index contributed by atoms with van der Waals surface area (Å²) in [4.78, 5) is 18.7. The molecule has 0 radical (unpaired) electrons. The lowest BCUT2D eigenvalue weighted by Crippen LogP contribution is -2.51. The van der Waals surface area contributed by atoms with E-state index in [0.717, 1.165) is 24.4 Å². The first-order chi connectivity index (χ1) is 10.6. The van der Waals surface area contributed by atoms with Crippen molar-refractivity contribution in [3.63, 3.8) is 0 Å². The van der Waals surface area contributed by atoms with Crippen molar-refractivity contribution in [1.29, 1.82) is 0 Å². The van der Waals surface area contributed by atoms with E-state index in [4.69, 9.17) is 4.74 Å². The van der Waals surface area contributed by atoms with Crippen LogP contribution in [0.5, 0.6) is 0 Å². The molecule has 0 aliphatic carbocycles. The minimum atomic E-state index is -0.476. The maximum atomic E-state index is 12.4. The number of hydrogen-bond acceptors (Lipinski definition) is 4. The lowest BCUT2D eigenvalue weighted by molar-refractivity contribution is 0.0226. The molecule has 5 nitrogen and oxygen atoms in total. The zero-order chi connectivity index (χ0) is 17.3. The van der Waals surface area contributed by atoms with Gasteiger partial charge in [0, 0.05) is 18.8 Å². The average molecular weight is 319 g/mol. The number of likely N-dealkylation sites (N-methyl/N-ethyl adjacent to an activating group) is 1. The first-order valence-electron chi connectivity index (χ1n) is 8.34. The number of nitrogens with zero attached hydrogens (tertiary/aromatic N) is 2. The van der Waals surface area contributed by atoms with E-state index < -0.39 is 5.60 Å². The molecule has 1 aliphatic heterocycles. The van der Waals surface area contributed by atoms with Gasteiger partial charge >= 0.3 is 6.09 Å². The van der Waals surface area contributed by atoms with Gasteiger partial charge in [-0.15, -0.1) is 0 Å². The number of fused-ring (bicyclic) bond motifs is 1. The predicted octanol–water partition coefficient (Wildman–Crippen LogP) is 3.76. The number of carbonyl (C=O) groups excluding carboxylic acids is 1. The molecule has 0 unspecified atom stereocenters. The Bertz CT molecular complexity index is 580. The van der Waals surface area contributed by atoms with Gasteiger partial charge in [0.25, 0.3) is 0 Å². The van der Waals surface area contributed by atoms with E-state index >= 15 is 0 Å². The maximum absolute atomic E-state index is 12.4. The highest BCUT2D eigenvalue weighted by Crippen LogP contribution is 2.30. The van der Waals surface area contributed by atoms with Crippen LogP contribution < -0.4 is 5.32 Å². The number of rotatable bonds is 3. The SMILES string of the molecule is CCN(C[C@@]1(C)CCc2ccc(C)nc2N1)C(=O)OC(C)(C)C. The second-order valence-corrected chi connectivity index (χ2v) is 7.64. The molecular weight excluding hydrogens is 290 g/mol. The van der Waals surface area contributed by atoms with Crippen LogP contribution in [0.2, 0.25) is 0 Å². The van der Waals surface area contributed by atoms with Crippen molar-refractivity contribution in [2.45, 2.75) is 65.5 Å². The zero-order valence-electron chi connectivity index (χ0n) is 15.2. The Hall–Kier alpha value is -1.78. The summed E-state index contributed by atoms with van der Waals surface area (Å²) in [5.74, 6) is 0.944. The summed E-state index contributed by atoms with van der Waals surface area (Å²) in [5, 5.41) is 3.54. The van der Waals surface area contributed by atoms with Crippen LogP contribution in [0.25, 0.3) is 0 Å². The molecular formula is C18H29N3O2. The number of anilines is 1. The molecule has 1 N–H and O–H groups in total. The van der Waals surface area contributed by atoms with Crippen molar-refractivity contribution in [1.82, 2.24) is 9.88 Å². The van der Waals surface area contributed by atoms with Crippen LogP contribution in [-0.4, -0.2) is 40.2 Å². The molecule has 1 aromatic heterocycles. The van der Waals surface area contributed by atoms with Crippen LogP contribution in [0.1, 0.15) is 52.3 Å². The highest BCUT2D eigenvalue weighted by molar-refractivity contribution is 5.68. The number of nitrogens with one attached hydrogen (secondary N) is 1. The Balaban J connectivity index is 2.10. The van der Waals surface area contributed by atoms with Crippen molar-refractivity contribution in [3.8, 4) is 0 Å². The smallest absolute Gasteiger partial charge is 0.410 e. The van der Waals surface area contributed by atoms with Gasteiger partial charge in [0.15, 0.2) is 0 Å². The minimum absolute atomic E-state index is 0.194. The van der Waals surface area contributed by atoms with E-state index in [-0.39, 0.29) is 11.6 Å². The van der Waals surface area contributed by atoms with Crippen LogP contribution in [-0.2, 0) is 11.2 Å². The molecule has 23 heavy (non-hydrogen) atoms. The van der Waals surface area contributed by atoms with E-state index in [1.165, 1.54) is 5.56 Å². The number of aryl methyl sites for hydroxylation is 2. The van der Waals surface area contributed by atoms with Crippen molar-refractivity contribution in [3.05, 3.63) is 23.4 Å². The molecule has 0 spiro atoms. The number of carbonyl (C=O) groups is 1. The first-order valence-corrected chi connectivity index (χ1v) is 8.34. The third-order valence-corrected chi connectivity index (χ3v) is 4.06. The summed E-state index contributed by atoms with van der Waals surface area (Å²) in [6.07, 6.45) is 1.67. The Morgan fingerprint density at radius 2 is 2.13 bits per heavy atom. The van der Waals surface area contributed by atoms with Gasteiger partial charge in [-0.1, -0.05) is 6.07 Å². The van der Waals surface area contributed by atoms with Crippen LogP contribution in [0.4, 0.5) is 10.6 Å². The van der Waals surface area contributed by atoms with Crippen molar-refractivity contribution in [2.75, 3.05) is 18.4 Å². The zero-order valence-corrected chi connectivity index (χ0v) is 15.2. The largest absolute Gasteiger partial charge is 0.444 e. The summed E-state index contributed by atoms with van der Waals surface area (Å²) >= 11 is 0. The van der Waals surface area contributed by atoms with E-state index in [2.05, 4.69) is 23.3 Å². The fourth-order valence-corrected chi connectivity index (χ4v) is 2.83. The van der Waals surface area contributed by atoms with E-state index in [1.54, 1.807) is 4.90 Å². The predicted molar refractivity (Wildman–Crippen MR) is 92.8 cm³/mol. The summed E-state index contributed by atoms with van der Waals surface area (Å²) in [5.41, 5.74) is 1.57. The molecule has 0 fully saturated rings. The van der Waals surface area contributed by atoms with Gasteiger partial charge in [0.05, 0.1) is 5.54 Å². The van der Waals surface area contributed by atoms with Gasteiger partial charge in [-0.3, -0.25) is 0 Å². The Labute approximate surface area is 139 Å². The molecule has 128 valence electrons. The molecule has 0 saturated heterocycles. The average Bonchev–Trinajstić information content (AvgIpc) is 2.42. The molecule has 0 bridgehead atoms. The van der Waals surface area contributed by atoms with Gasteiger partial charge in [0.2, 0.25) is 0 Å². The van der Waals surface area contributed by atoms with Gasteiger partial charge in [-0.05, 0) is 66.0 Å². The Morgan fingerprint density at radius 3 is 2.74 bits per heavy atom. The molecule has 2 rings (SSSR count). The number of pyridine rings is 1. The van der Waals surface area contributed by atoms with Crippen molar-refractivity contribution >= 4 is 11.9 Å². The highest BCUT2D eigenvalue weighted by Gasteiger charge is 2.34. The molecule has 1 atom stereocenters. The molecule has 0 aromatic carbocycles. The number of aromatic nitrogens is 1. The molecule has 0 saturated carbocycles. The summed E-state index contributed by atoms with van der Waals surface area (Å²) in [7, 11) is 0. The van der Waals surface area contributed by atoms with Crippen LogP contribution in [0.3, 0.4) is 0 Å². The van der Waals surface area contributed by atoms with Gasteiger partial charge in [0.1, 0.15) is 11.4 Å². The molecule has 5 heteroatoms. The standard InChI is InChI=1S/C18H29N3O2/c1-7-21(16(22)23-17(3,4)5)12-18(6)11-10-14-9-8-13(2)19-15(14)20-18/h8-9H,7,10-12H2,1-6H3,(H,19,20)/t18-/m1/s1. The normalized spacial score (nSPS) is 20.4. The summed E-state index contributed by atoms with van der Waals surface area (Å²) in [6.45, 7) is 13.0. The third-order valence-electron chi connectivity index (χ3n) is 4.06. The molecule has 1 amide bonds. The van der Waals surface area contributed by atoms with Crippen LogP contribution in [0, 0.1) is 6.92 Å². The first kappa shape index (κ1) is 17.6. The highest BCUT2D eigenvalue weighted by atomic mass is 16.6. The minimum Gasteiger partial charge on any atom is -0.444 e. The second kappa shape index (κ2) is 6.38. The van der Waals surface area contributed by atoms with Crippen LogP contribution in [0.15, 0.2) is 12.1 Å². The Kier molecular flexibility index (Phi) is 4.87. The van der Waals surface area contributed by atoms with Gasteiger partial charge in [-0.2, -0.15) is 0 Å². The second-order valence-electron chi connectivity index (χ2n) is 7.64. The van der Waals surface area contributed by atoms with Crippen LogP contribution >= 0.6 is 0 Å². The van der Waals surface area contributed by atoms with E-state index in [0.29, 0.717) is 13.1 Å². The van der Waals surface area contributed by atoms with Crippen molar-refractivity contribution in [2.24, 2.45) is 0 Å². The number of amides is 1. The lowest BCUT2D eigenvalue weighted by Gasteiger charge is -2.40. The number of ether oxygens (including phenoxy) is 1. The van der Waals surface area contributed by atoms with E-state index in [9.17, 15) is 4.79 Å². The third kappa shape index (κ3) is 4.60. The van der Waals surface area contributed by atoms with Crippen molar-refractivity contribution < 1.29 is 9.53 Å². The van der Waals surface area contributed by atoms with Gasteiger partial charge < -0.3 is 15.0 Å². The van der Waals surface area contributed by atoms with Gasteiger partial charge in [-0.25, -0.2) is 9.78 Å². The molecule has 2 heterocycles. The fourth-order valence-electron chi connectivity index (χ4n) is 2.83. The molecule has 1 aliphatic rings. The number of hydrogen-bond donors (Lipinski definition) is 1.